The van der Waals surface area contributed by atoms with E-state index in [0.29, 0.717) is 5.75 Å². The summed E-state index contributed by atoms with van der Waals surface area (Å²) in [5.41, 5.74) is 5.77. The SMILES string of the molecule is CC(C)(C)[Si](Oc1ccc(N)c(F)c1)(c1ccccc1)c1ccccc1. The molecule has 134 valence electrons. The molecule has 0 unspecified atom stereocenters. The highest BCUT2D eigenvalue weighted by Gasteiger charge is 2.52. The number of hydrogen-bond acceptors (Lipinski definition) is 2. The van der Waals surface area contributed by atoms with E-state index in [1.165, 1.54) is 6.07 Å². The Labute approximate surface area is 155 Å². The van der Waals surface area contributed by atoms with Crippen LogP contribution in [0.1, 0.15) is 20.8 Å². The monoisotopic (exact) mass is 365 g/mol. The van der Waals surface area contributed by atoms with Crippen LogP contribution in [0.2, 0.25) is 5.04 Å². The summed E-state index contributed by atoms with van der Waals surface area (Å²) in [7, 11) is -2.74. The Morgan fingerprint density at radius 2 is 1.31 bits per heavy atom. The predicted molar refractivity (Wildman–Crippen MR) is 109 cm³/mol. The third-order valence-electron chi connectivity index (χ3n) is 4.66. The molecule has 0 heterocycles. The third-order valence-corrected chi connectivity index (χ3v) is 9.61. The van der Waals surface area contributed by atoms with Crippen molar-refractivity contribution in [3.05, 3.63) is 84.7 Å². The highest BCUT2D eigenvalue weighted by atomic mass is 28.4. The second-order valence-electron chi connectivity index (χ2n) is 7.45. The Bertz CT molecular complexity index is 836. The summed E-state index contributed by atoms with van der Waals surface area (Å²) < 4.78 is 20.8. The Hall–Kier alpha value is -2.59. The summed E-state index contributed by atoms with van der Waals surface area (Å²) in [6.45, 7) is 6.56. The highest BCUT2D eigenvalue weighted by molar-refractivity contribution is 7.00. The van der Waals surface area contributed by atoms with Crippen LogP contribution >= 0.6 is 0 Å². The van der Waals surface area contributed by atoms with Crippen LogP contribution in [0.4, 0.5) is 10.1 Å². The lowest BCUT2D eigenvalue weighted by atomic mass is 10.2. The van der Waals surface area contributed by atoms with Gasteiger partial charge in [0.05, 0.1) is 5.69 Å². The van der Waals surface area contributed by atoms with Gasteiger partial charge in [-0.2, -0.15) is 0 Å². The average molecular weight is 366 g/mol. The number of anilines is 1. The van der Waals surface area contributed by atoms with Crippen molar-refractivity contribution in [2.75, 3.05) is 5.73 Å². The summed E-state index contributed by atoms with van der Waals surface area (Å²) in [6, 6.07) is 25.2. The van der Waals surface area contributed by atoms with Crippen LogP contribution in [-0.4, -0.2) is 8.32 Å². The van der Waals surface area contributed by atoms with Crippen LogP contribution < -0.4 is 20.5 Å². The number of nitrogen functional groups attached to an aromatic ring is 1. The first-order valence-electron chi connectivity index (χ1n) is 8.70. The number of hydrogen-bond donors (Lipinski definition) is 1. The standard InChI is InChI=1S/C22H24FNOSi/c1-22(2,3)26(18-10-6-4-7-11-18,19-12-8-5-9-13-19)25-17-14-15-21(24)20(23)16-17/h4-16H,24H2,1-3H3. The fourth-order valence-electron chi connectivity index (χ4n) is 3.40. The predicted octanol–water partition coefficient (Wildman–Crippen LogP) is 4.35. The van der Waals surface area contributed by atoms with Crippen molar-refractivity contribution in [2.45, 2.75) is 25.8 Å². The van der Waals surface area contributed by atoms with E-state index in [-0.39, 0.29) is 10.7 Å². The molecule has 0 spiro atoms. The van der Waals surface area contributed by atoms with Gasteiger partial charge in [-0.25, -0.2) is 4.39 Å². The molecule has 0 radical (unpaired) electrons. The molecule has 0 bridgehead atoms. The number of benzene rings is 3. The molecule has 3 aromatic carbocycles. The number of rotatable bonds is 4. The Morgan fingerprint density at radius 1 is 0.808 bits per heavy atom. The first-order chi connectivity index (χ1) is 12.3. The quantitative estimate of drug-likeness (QED) is 0.551. The van der Waals surface area contributed by atoms with Crippen molar-refractivity contribution in [1.82, 2.24) is 0 Å². The molecule has 0 aromatic heterocycles. The Kier molecular flexibility index (Phi) is 4.87. The van der Waals surface area contributed by atoms with E-state index >= 15 is 0 Å². The normalized spacial score (nSPS) is 12.0. The summed E-state index contributed by atoms with van der Waals surface area (Å²) in [5, 5.41) is 2.12. The first-order valence-corrected chi connectivity index (χ1v) is 10.6. The van der Waals surface area contributed by atoms with Crippen LogP contribution in [0.15, 0.2) is 78.9 Å². The smallest absolute Gasteiger partial charge is 0.319 e. The molecular formula is C22H24FNOSi. The maximum absolute atomic E-state index is 14.1. The molecule has 0 aliphatic heterocycles. The zero-order valence-electron chi connectivity index (χ0n) is 15.4. The van der Waals surface area contributed by atoms with Crippen LogP contribution in [0.3, 0.4) is 0 Å². The minimum Gasteiger partial charge on any atom is -0.534 e. The second kappa shape index (κ2) is 6.96. The van der Waals surface area contributed by atoms with Gasteiger partial charge in [0, 0.05) is 6.07 Å². The van der Waals surface area contributed by atoms with E-state index in [9.17, 15) is 4.39 Å². The molecule has 26 heavy (non-hydrogen) atoms. The van der Waals surface area contributed by atoms with Crippen molar-refractivity contribution in [1.29, 1.82) is 0 Å². The molecule has 0 aliphatic carbocycles. The maximum atomic E-state index is 14.1. The van der Waals surface area contributed by atoms with Crippen LogP contribution in [0, 0.1) is 5.82 Å². The summed E-state index contributed by atoms with van der Waals surface area (Å²) in [4.78, 5) is 0. The van der Waals surface area contributed by atoms with Gasteiger partial charge in [-0.1, -0.05) is 81.4 Å². The molecule has 0 saturated heterocycles. The molecule has 4 heteroatoms. The summed E-state index contributed by atoms with van der Waals surface area (Å²) >= 11 is 0. The van der Waals surface area contributed by atoms with E-state index in [4.69, 9.17) is 10.2 Å². The minimum absolute atomic E-state index is 0.125. The van der Waals surface area contributed by atoms with Crippen LogP contribution in [0.25, 0.3) is 0 Å². The van der Waals surface area contributed by atoms with E-state index in [1.807, 2.05) is 36.4 Å². The zero-order chi connectivity index (χ0) is 18.8. The third kappa shape index (κ3) is 3.25. The largest absolute Gasteiger partial charge is 0.534 e. The fourth-order valence-corrected chi connectivity index (χ4v) is 7.81. The topological polar surface area (TPSA) is 35.2 Å². The van der Waals surface area contributed by atoms with Gasteiger partial charge in [0.25, 0.3) is 0 Å². The first kappa shape index (κ1) is 18.2. The summed E-state index contributed by atoms with van der Waals surface area (Å²) in [5.74, 6) is 0.0476. The highest BCUT2D eigenvalue weighted by Crippen LogP contribution is 2.37. The van der Waals surface area contributed by atoms with Crippen LogP contribution in [-0.2, 0) is 0 Å². The summed E-state index contributed by atoms with van der Waals surface area (Å²) in [6.07, 6.45) is 0. The lowest BCUT2D eigenvalue weighted by Crippen LogP contribution is -2.68. The number of nitrogens with two attached hydrogens (primary N) is 1. The molecule has 0 atom stereocenters. The molecule has 0 aliphatic rings. The Balaban J connectivity index is 2.25. The molecule has 0 amide bonds. The van der Waals surface area contributed by atoms with E-state index in [1.54, 1.807) is 12.1 Å². The van der Waals surface area contributed by atoms with E-state index < -0.39 is 14.1 Å². The van der Waals surface area contributed by atoms with Crippen molar-refractivity contribution in [3.8, 4) is 5.75 Å². The molecule has 2 N–H and O–H groups in total. The van der Waals surface area contributed by atoms with Gasteiger partial charge >= 0.3 is 8.32 Å². The lowest BCUT2D eigenvalue weighted by Gasteiger charge is -2.43. The van der Waals surface area contributed by atoms with Gasteiger partial charge in [0.15, 0.2) is 0 Å². The second-order valence-corrected chi connectivity index (χ2v) is 11.7. The molecule has 3 rings (SSSR count). The van der Waals surface area contributed by atoms with Crippen molar-refractivity contribution in [3.63, 3.8) is 0 Å². The van der Waals surface area contributed by atoms with Gasteiger partial charge in [0.1, 0.15) is 11.6 Å². The zero-order valence-corrected chi connectivity index (χ0v) is 16.4. The number of halogens is 1. The van der Waals surface area contributed by atoms with Gasteiger partial charge in [-0.3, -0.25) is 0 Å². The lowest BCUT2D eigenvalue weighted by molar-refractivity contribution is 0.502. The minimum atomic E-state index is -2.74. The van der Waals surface area contributed by atoms with Crippen LogP contribution in [0.5, 0.6) is 5.75 Å². The van der Waals surface area contributed by atoms with Gasteiger partial charge in [-0.15, -0.1) is 0 Å². The maximum Gasteiger partial charge on any atom is 0.319 e. The fraction of sp³-hybridized carbons (Fsp3) is 0.182. The van der Waals surface area contributed by atoms with Crippen molar-refractivity contribution >= 4 is 24.4 Å². The average Bonchev–Trinajstić information content (AvgIpc) is 2.63. The van der Waals surface area contributed by atoms with E-state index in [0.717, 1.165) is 10.4 Å². The van der Waals surface area contributed by atoms with Crippen molar-refractivity contribution < 1.29 is 8.82 Å². The Morgan fingerprint density at radius 3 is 1.73 bits per heavy atom. The molecule has 3 aromatic rings. The van der Waals surface area contributed by atoms with E-state index in [2.05, 4.69) is 45.0 Å². The molecular weight excluding hydrogens is 341 g/mol. The molecule has 0 fully saturated rings. The molecule has 2 nitrogen and oxygen atoms in total. The molecule has 0 saturated carbocycles. The van der Waals surface area contributed by atoms with Crippen molar-refractivity contribution in [2.24, 2.45) is 0 Å². The van der Waals surface area contributed by atoms with Gasteiger partial charge in [-0.05, 0) is 27.5 Å². The van der Waals surface area contributed by atoms with Gasteiger partial charge in [0.2, 0.25) is 0 Å². The van der Waals surface area contributed by atoms with Gasteiger partial charge < -0.3 is 10.2 Å².